The highest BCUT2D eigenvalue weighted by Crippen LogP contribution is 2.29. The summed E-state index contributed by atoms with van der Waals surface area (Å²) in [5, 5.41) is 5.02. The third kappa shape index (κ3) is 1.74. The van der Waals surface area contributed by atoms with Crippen molar-refractivity contribution in [3.8, 4) is 0 Å². The fourth-order valence-electron chi connectivity index (χ4n) is 2.36. The Labute approximate surface area is 106 Å². The molecule has 3 aromatic carbocycles. The molecule has 0 atom stereocenters. The summed E-state index contributed by atoms with van der Waals surface area (Å²) in [6.07, 6.45) is 3.76. The van der Waals surface area contributed by atoms with Gasteiger partial charge in [-0.1, -0.05) is 48.5 Å². The molecule has 0 saturated carbocycles. The molecule has 88 valence electrons. The Hall–Kier alpha value is -2.28. The fourth-order valence-corrected chi connectivity index (χ4v) is 2.36. The lowest BCUT2D eigenvalue weighted by molar-refractivity contribution is 0.341. The lowest BCUT2D eigenvalue weighted by Crippen LogP contribution is -1.83. The lowest BCUT2D eigenvalue weighted by atomic mass is 9.97. The van der Waals surface area contributed by atoms with E-state index in [-0.39, 0.29) is 0 Å². The molecule has 0 bridgehead atoms. The normalized spacial score (nSPS) is 11.4. The summed E-state index contributed by atoms with van der Waals surface area (Å²) in [5.41, 5.74) is 1.21. The lowest BCUT2D eigenvalue weighted by Gasteiger charge is -2.08. The van der Waals surface area contributed by atoms with Crippen LogP contribution in [0.3, 0.4) is 0 Å². The molecule has 0 aliphatic carbocycles. The minimum atomic E-state index is 1.21. The second-order valence-corrected chi connectivity index (χ2v) is 4.27. The molecule has 0 aliphatic heterocycles. The maximum absolute atomic E-state index is 5.06. The summed E-state index contributed by atoms with van der Waals surface area (Å²) in [7, 11) is 1.67. The van der Waals surface area contributed by atoms with E-state index in [4.69, 9.17) is 4.74 Å². The molecule has 0 fully saturated rings. The van der Waals surface area contributed by atoms with E-state index in [9.17, 15) is 0 Å². The molecule has 0 aromatic heterocycles. The zero-order valence-electron chi connectivity index (χ0n) is 10.3. The monoisotopic (exact) mass is 234 g/mol. The highest BCUT2D eigenvalue weighted by molar-refractivity contribution is 6.06. The van der Waals surface area contributed by atoms with E-state index in [1.165, 1.54) is 27.1 Å². The first-order chi connectivity index (χ1) is 8.90. The summed E-state index contributed by atoms with van der Waals surface area (Å²) in [6, 6.07) is 19.1. The van der Waals surface area contributed by atoms with Gasteiger partial charge in [0, 0.05) is 0 Å². The minimum absolute atomic E-state index is 1.21. The summed E-state index contributed by atoms with van der Waals surface area (Å²) < 4.78 is 5.06. The van der Waals surface area contributed by atoms with Crippen molar-refractivity contribution in [2.45, 2.75) is 0 Å². The molecule has 18 heavy (non-hydrogen) atoms. The maximum Gasteiger partial charge on any atom is 0.0831 e. The average molecular weight is 234 g/mol. The van der Waals surface area contributed by atoms with Crippen molar-refractivity contribution >= 4 is 27.6 Å². The van der Waals surface area contributed by atoms with Gasteiger partial charge in [0.05, 0.1) is 13.4 Å². The molecular formula is C17H14O. The van der Waals surface area contributed by atoms with Gasteiger partial charge in [-0.2, -0.15) is 0 Å². The Bertz CT molecular complexity index is 672. The van der Waals surface area contributed by atoms with Crippen molar-refractivity contribution in [2.75, 3.05) is 7.11 Å². The van der Waals surface area contributed by atoms with E-state index in [2.05, 4.69) is 54.6 Å². The van der Waals surface area contributed by atoms with Crippen molar-refractivity contribution < 1.29 is 4.74 Å². The molecule has 3 aromatic rings. The molecule has 0 radical (unpaired) electrons. The molecule has 0 aliphatic rings. The van der Waals surface area contributed by atoms with Crippen molar-refractivity contribution in [3.05, 3.63) is 66.4 Å². The third-order valence-corrected chi connectivity index (χ3v) is 3.18. The molecule has 0 N–H and O–H groups in total. The van der Waals surface area contributed by atoms with Crippen LogP contribution in [0.1, 0.15) is 5.56 Å². The van der Waals surface area contributed by atoms with Gasteiger partial charge in [0.2, 0.25) is 0 Å². The number of hydrogen-bond donors (Lipinski definition) is 0. The molecular weight excluding hydrogens is 220 g/mol. The number of hydrogen-bond acceptors (Lipinski definition) is 1. The first-order valence-electron chi connectivity index (χ1n) is 6.00. The van der Waals surface area contributed by atoms with Gasteiger partial charge in [-0.3, -0.25) is 0 Å². The summed E-state index contributed by atoms with van der Waals surface area (Å²) >= 11 is 0. The Morgan fingerprint density at radius 3 is 1.94 bits per heavy atom. The van der Waals surface area contributed by atoms with Gasteiger partial charge in [-0.15, -0.1) is 0 Å². The second kappa shape index (κ2) is 4.53. The molecule has 3 rings (SSSR count). The third-order valence-electron chi connectivity index (χ3n) is 3.18. The van der Waals surface area contributed by atoms with Gasteiger partial charge in [-0.25, -0.2) is 0 Å². The second-order valence-electron chi connectivity index (χ2n) is 4.27. The number of rotatable bonds is 2. The highest BCUT2D eigenvalue weighted by atomic mass is 16.5. The summed E-state index contributed by atoms with van der Waals surface area (Å²) in [6.45, 7) is 0. The van der Waals surface area contributed by atoms with Crippen LogP contribution in [0.2, 0.25) is 0 Å². The SMILES string of the molecule is COC=Cc1c2ccccc2cc2ccccc12. The molecule has 0 spiro atoms. The predicted molar refractivity (Wildman–Crippen MR) is 77.5 cm³/mol. The first-order valence-corrected chi connectivity index (χ1v) is 6.00. The summed E-state index contributed by atoms with van der Waals surface area (Å²) in [5.74, 6) is 0. The molecule has 0 heterocycles. The smallest absolute Gasteiger partial charge is 0.0831 e. The van der Waals surface area contributed by atoms with Crippen LogP contribution in [0.15, 0.2) is 60.9 Å². The molecule has 0 unspecified atom stereocenters. The van der Waals surface area contributed by atoms with Crippen LogP contribution in [-0.2, 0) is 4.74 Å². The number of fused-ring (bicyclic) bond motifs is 2. The molecule has 0 saturated heterocycles. The zero-order valence-corrected chi connectivity index (χ0v) is 10.3. The van der Waals surface area contributed by atoms with E-state index < -0.39 is 0 Å². The van der Waals surface area contributed by atoms with Crippen LogP contribution in [0.4, 0.5) is 0 Å². The van der Waals surface area contributed by atoms with Gasteiger partial charge in [-0.05, 0) is 39.3 Å². The van der Waals surface area contributed by atoms with Gasteiger partial charge < -0.3 is 4.74 Å². The quantitative estimate of drug-likeness (QED) is 0.464. The minimum Gasteiger partial charge on any atom is -0.504 e. The van der Waals surface area contributed by atoms with E-state index >= 15 is 0 Å². The van der Waals surface area contributed by atoms with Gasteiger partial charge in [0.1, 0.15) is 0 Å². The largest absolute Gasteiger partial charge is 0.504 e. The average Bonchev–Trinajstić information content (AvgIpc) is 2.43. The Kier molecular flexibility index (Phi) is 2.73. The van der Waals surface area contributed by atoms with Crippen LogP contribution in [-0.4, -0.2) is 7.11 Å². The standard InChI is InChI=1S/C17H14O/c1-18-11-10-17-15-8-4-2-6-13(15)12-14-7-3-5-9-16(14)17/h2-12H,1H3. The van der Waals surface area contributed by atoms with Gasteiger partial charge >= 0.3 is 0 Å². The van der Waals surface area contributed by atoms with E-state index in [1.807, 2.05) is 6.08 Å². The van der Waals surface area contributed by atoms with E-state index in [1.54, 1.807) is 13.4 Å². The van der Waals surface area contributed by atoms with Gasteiger partial charge in [0.15, 0.2) is 0 Å². The topological polar surface area (TPSA) is 9.23 Å². The Balaban J connectivity index is 2.45. The maximum atomic E-state index is 5.06. The van der Waals surface area contributed by atoms with Crippen LogP contribution >= 0.6 is 0 Å². The van der Waals surface area contributed by atoms with Crippen LogP contribution < -0.4 is 0 Å². The van der Waals surface area contributed by atoms with Crippen LogP contribution in [0.25, 0.3) is 27.6 Å². The summed E-state index contributed by atoms with van der Waals surface area (Å²) in [4.78, 5) is 0. The fraction of sp³-hybridized carbons (Fsp3) is 0.0588. The van der Waals surface area contributed by atoms with E-state index in [0.717, 1.165) is 0 Å². The Morgan fingerprint density at radius 2 is 1.39 bits per heavy atom. The highest BCUT2D eigenvalue weighted by Gasteiger charge is 2.04. The van der Waals surface area contributed by atoms with Crippen LogP contribution in [0.5, 0.6) is 0 Å². The van der Waals surface area contributed by atoms with Crippen molar-refractivity contribution in [1.82, 2.24) is 0 Å². The molecule has 0 amide bonds. The van der Waals surface area contributed by atoms with E-state index in [0.29, 0.717) is 0 Å². The van der Waals surface area contributed by atoms with Crippen LogP contribution in [0, 0.1) is 0 Å². The van der Waals surface area contributed by atoms with Crippen molar-refractivity contribution in [1.29, 1.82) is 0 Å². The molecule has 1 heteroatoms. The van der Waals surface area contributed by atoms with Crippen molar-refractivity contribution in [2.24, 2.45) is 0 Å². The first kappa shape index (κ1) is 10.8. The zero-order chi connectivity index (χ0) is 12.4. The predicted octanol–water partition coefficient (Wildman–Crippen LogP) is 4.61. The van der Waals surface area contributed by atoms with Gasteiger partial charge in [0.25, 0.3) is 0 Å². The number of methoxy groups -OCH3 is 1. The Morgan fingerprint density at radius 1 is 0.833 bits per heavy atom. The number of benzene rings is 3. The number of ether oxygens (including phenoxy) is 1. The van der Waals surface area contributed by atoms with Crippen molar-refractivity contribution in [3.63, 3.8) is 0 Å². The molecule has 1 nitrogen and oxygen atoms in total.